The van der Waals surface area contributed by atoms with E-state index in [0.29, 0.717) is 22.0 Å². The summed E-state index contributed by atoms with van der Waals surface area (Å²) in [5.41, 5.74) is 0.476. The van der Waals surface area contributed by atoms with Gasteiger partial charge < -0.3 is 14.5 Å². The largest absolute Gasteiger partial charge is 0.486 e. The fourth-order valence-corrected chi connectivity index (χ4v) is 3.70. The van der Waals surface area contributed by atoms with E-state index < -0.39 is 33.4 Å². The molecule has 0 saturated carbocycles. The SMILES string of the molecule is COCCOc1cc(F)c(NS(=O)(=O)c2c[nH]c3cc(Cl)ccc23)nc1F. The van der Waals surface area contributed by atoms with E-state index in [0.717, 1.165) is 0 Å². The smallest absolute Gasteiger partial charge is 0.265 e. The molecule has 2 N–H and O–H groups in total. The molecule has 0 fully saturated rings. The lowest BCUT2D eigenvalue weighted by molar-refractivity contribution is 0.143. The van der Waals surface area contributed by atoms with Gasteiger partial charge in [-0.05, 0) is 18.2 Å². The second-order valence-corrected chi connectivity index (χ2v) is 7.48. The first-order chi connectivity index (χ1) is 12.8. The van der Waals surface area contributed by atoms with Crippen molar-refractivity contribution in [3.63, 3.8) is 0 Å². The minimum atomic E-state index is -4.24. The number of hydrogen-bond acceptors (Lipinski definition) is 5. The van der Waals surface area contributed by atoms with Crippen LogP contribution in [0.3, 0.4) is 0 Å². The number of aromatic nitrogens is 2. The Kier molecular flexibility index (Phi) is 5.49. The van der Waals surface area contributed by atoms with Crippen LogP contribution in [0.2, 0.25) is 5.02 Å². The number of H-pyrrole nitrogens is 1. The number of halogens is 3. The normalized spacial score (nSPS) is 11.7. The summed E-state index contributed by atoms with van der Waals surface area (Å²) in [5.74, 6) is -3.48. The minimum Gasteiger partial charge on any atom is -0.486 e. The lowest BCUT2D eigenvalue weighted by Gasteiger charge is -2.10. The molecule has 27 heavy (non-hydrogen) atoms. The zero-order valence-electron chi connectivity index (χ0n) is 13.9. The zero-order valence-corrected chi connectivity index (χ0v) is 15.5. The van der Waals surface area contributed by atoms with Crippen molar-refractivity contribution in [3.8, 4) is 5.75 Å². The number of sulfonamides is 1. The Morgan fingerprint density at radius 2 is 2.04 bits per heavy atom. The Bertz CT molecular complexity index is 1090. The number of benzene rings is 1. The van der Waals surface area contributed by atoms with E-state index in [1.165, 1.54) is 25.4 Å². The summed E-state index contributed by atoms with van der Waals surface area (Å²) in [4.78, 5) is 5.92. The third-order valence-corrected chi connectivity index (χ3v) is 5.18. The number of hydrogen-bond donors (Lipinski definition) is 2. The summed E-state index contributed by atoms with van der Waals surface area (Å²) in [6.07, 6.45) is 1.22. The van der Waals surface area contributed by atoms with Crippen molar-refractivity contribution in [1.82, 2.24) is 9.97 Å². The van der Waals surface area contributed by atoms with E-state index in [2.05, 4.69) is 9.97 Å². The molecular weight excluding hydrogens is 404 g/mol. The number of methoxy groups -OCH3 is 1. The highest BCUT2D eigenvalue weighted by molar-refractivity contribution is 7.93. The first-order valence-corrected chi connectivity index (χ1v) is 9.45. The molecule has 0 aliphatic heterocycles. The third-order valence-electron chi connectivity index (χ3n) is 3.57. The highest BCUT2D eigenvalue weighted by Crippen LogP contribution is 2.28. The summed E-state index contributed by atoms with van der Waals surface area (Å²) in [6.45, 7) is 0.150. The second-order valence-electron chi connectivity index (χ2n) is 5.40. The van der Waals surface area contributed by atoms with Crippen molar-refractivity contribution in [2.75, 3.05) is 25.0 Å². The average Bonchev–Trinajstić information content (AvgIpc) is 3.03. The van der Waals surface area contributed by atoms with Gasteiger partial charge >= 0.3 is 0 Å². The van der Waals surface area contributed by atoms with Crippen molar-refractivity contribution in [2.24, 2.45) is 0 Å². The zero-order chi connectivity index (χ0) is 19.6. The summed E-state index contributed by atoms with van der Waals surface area (Å²) in [5, 5.41) is 0.757. The minimum absolute atomic E-state index is 0.0164. The topological polar surface area (TPSA) is 93.3 Å². The van der Waals surface area contributed by atoms with E-state index in [1.807, 2.05) is 4.72 Å². The lowest BCUT2D eigenvalue weighted by atomic mass is 10.2. The van der Waals surface area contributed by atoms with Crippen molar-refractivity contribution in [1.29, 1.82) is 0 Å². The summed E-state index contributed by atoms with van der Waals surface area (Å²) < 4.78 is 65.0. The molecule has 11 heteroatoms. The molecule has 0 amide bonds. The standard InChI is InChI=1S/C16H14ClF2N3O4S/c1-25-4-5-26-13-7-11(18)16(21-15(13)19)22-27(23,24)14-8-20-12-6-9(17)2-3-10(12)14/h2-3,6-8,20H,4-5H2,1H3,(H,21,22). The monoisotopic (exact) mass is 417 g/mol. The molecule has 2 aromatic heterocycles. The van der Waals surface area contributed by atoms with E-state index in [-0.39, 0.29) is 18.1 Å². The molecule has 0 radical (unpaired) electrons. The van der Waals surface area contributed by atoms with Gasteiger partial charge in [-0.3, -0.25) is 4.72 Å². The van der Waals surface area contributed by atoms with Crippen LogP contribution in [-0.4, -0.2) is 38.7 Å². The van der Waals surface area contributed by atoms with E-state index >= 15 is 0 Å². The summed E-state index contributed by atoms with van der Waals surface area (Å²) in [6, 6.07) is 5.27. The second kappa shape index (κ2) is 7.67. The maximum atomic E-state index is 14.2. The van der Waals surface area contributed by atoms with Crippen molar-refractivity contribution in [3.05, 3.63) is 47.2 Å². The van der Waals surface area contributed by atoms with Gasteiger partial charge in [0.05, 0.1) is 6.61 Å². The third kappa shape index (κ3) is 4.12. The molecule has 3 aromatic rings. The molecule has 0 atom stereocenters. The number of aromatic amines is 1. The van der Waals surface area contributed by atoms with E-state index in [9.17, 15) is 17.2 Å². The first-order valence-electron chi connectivity index (χ1n) is 7.59. The first kappa shape index (κ1) is 19.3. The van der Waals surface area contributed by atoms with Gasteiger partial charge in [-0.2, -0.15) is 9.37 Å². The van der Waals surface area contributed by atoms with Crippen LogP contribution >= 0.6 is 11.6 Å². The van der Waals surface area contributed by atoms with Crippen LogP contribution in [-0.2, 0) is 14.8 Å². The molecule has 0 spiro atoms. The summed E-state index contributed by atoms with van der Waals surface area (Å²) in [7, 11) is -2.81. The molecule has 0 saturated heterocycles. The number of nitrogens with one attached hydrogen (secondary N) is 2. The number of anilines is 1. The molecular formula is C16H14ClF2N3O4S. The summed E-state index contributed by atoms with van der Waals surface area (Å²) >= 11 is 5.86. The molecule has 0 aliphatic rings. The van der Waals surface area contributed by atoms with Crippen molar-refractivity contribution < 1.29 is 26.7 Å². The van der Waals surface area contributed by atoms with Gasteiger partial charge in [-0.1, -0.05) is 11.6 Å². The molecule has 3 rings (SSSR count). The van der Waals surface area contributed by atoms with Crippen LogP contribution < -0.4 is 9.46 Å². The highest BCUT2D eigenvalue weighted by Gasteiger charge is 2.23. The van der Waals surface area contributed by atoms with Gasteiger partial charge in [0.25, 0.3) is 16.0 Å². The number of pyridine rings is 1. The van der Waals surface area contributed by atoms with Crippen LogP contribution in [0, 0.1) is 11.8 Å². The molecule has 144 valence electrons. The van der Waals surface area contributed by atoms with E-state index in [4.69, 9.17) is 21.1 Å². The Morgan fingerprint density at radius 1 is 1.26 bits per heavy atom. The van der Waals surface area contributed by atoms with Crippen LogP contribution in [0.5, 0.6) is 5.75 Å². The molecule has 2 heterocycles. The highest BCUT2D eigenvalue weighted by atomic mass is 35.5. The Balaban J connectivity index is 1.90. The van der Waals surface area contributed by atoms with Crippen molar-refractivity contribution in [2.45, 2.75) is 4.90 Å². The number of nitrogens with zero attached hydrogens (tertiary/aromatic N) is 1. The van der Waals surface area contributed by atoms with Gasteiger partial charge in [0.2, 0.25) is 0 Å². The number of ether oxygens (including phenoxy) is 2. The van der Waals surface area contributed by atoms with Crippen molar-refractivity contribution >= 4 is 38.3 Å². The van der Waals surface area contributed by atoms with Gasteiger partial charge in [-0.25, -0.2) is 12.8 Å². The average molecular weight is 418 g/mol. The van der Waals surface area contributed by atoms with Gasteiger partial charge in [0.15, 0.2) is 17.4 Å². The molecule has 1 aromatic carbocycles. The van der Waals surface area contributed by atoms with Crippen LogP contribution in [0.25, 0.3) is 10.9 Å². The van der Waals surface area contributed by atoms with Crippen LogP contribution in [0.15, 0.2) is 35.4 Å². The predicted molar refractivity (Wildman–Crippen MR) is 95.6 cm³/mol. The number of rotatable bonds is 7. The molecule has 0 bridgehead atoms. The Hall–Kier alpha value is -2.43. The van der Waals surface area contributed by atoms with Gasteiger partial charge in [0, 0.05) is 35.3 Å². The molecule has 0 aliphatic carbocycles. The number of fused-ring (bicyclic) bond motifs is 1. The van der Waals surface area contributed by atoms with Crippen LogP contribution in [0.4, 0.5) is 14.6 Å². The maximum Gasteiger partial charge on any atom is 0.265 e. The van der Waals surface area contributed by atoms with Gasteiger partial charge in [-0.15, -0.1) is 0 Å². The van der Waals surface area contributed by atoms with Crippen LogP contribution in [0.1, 0.15) is 0 Å². The molecule has 7 nitrogen and oxygen atoms in total. The molecule has 0 unspecified atom stereocenters. The fraction of sp³-hybridized carbons (Fsp3) is 0.188. The maximum absolute atomic E-state index is 14.2. The van der Waals surface area contributed by atoms with E-state index in [1.54, 1.807) is 6.07 Å². The Labute approximate surface area is 158 Å². The predicted octanol–water partition coefficient (Wildman–Crippen LogP) is 3.32. The quantitative estimate of drug-likeness (QED) is 0.454. The fourth-order valence-electron chi connectivity index (χ4n) is 2.33. The van der Waals surface area contributed by atoms with Gasteiger partial charge in [0.1, 0.15) is 11.5 Å². The lowest BCUT2D eigenvalue weighted by Crippen LogP contribution is -2.16. The Morgan fingerprint density at radius 3 is 2.78 bits per heavy atom.